The number of hydrogen-bond donors (Lipinski definition) is 2. The highest BCUT2D eigenvalue weighted by molar-refractivity contribution is 5.84. The zero-order valence-electron chi connectivity index (χ0n) is 26.6. The van der Waals surface area contributed by atoms with E-state index in [9.17, 15) is 4.79 Å². The quantitative estimate of drug-likeness (QED) is 0.0489. The number of nitrogens with zero attached hydrogens (tertiary/aromatic N) is 7. The number of nitrogens with two attached hydrogens (primary N) is 1. The molecule has 0 aliphatic carbocycles. The lowest BCUT2D eigenvalue weighted by Gasteiger charge is -2.09. The molecule has 260 valence electrons. The van der Waals surface area contributed by atoms with Gasteiger partial charge in [0.15, 0.2) is 5.65 Å². The fourth-order valence-corrected chi connectivity index (χ4v) is 3.73. The second-order valence-electron chi connectivity index (χ2n) is 9.52. The maximum absolute atomic E-state index is 12.0. The van der Waals surface area contributed by atoms with E-state index in [1.807, 2.05) is 0 Å². The van der Waals surface area contributed by atoms with Crippen LogP contribution < -0.4 is 11.1 Å². The van der Waals surface area contributed by atoms with Gasteiger partial charge in [-0.2, -0.15) is 5.10 Å². The summed E-state index contributed by atoms with van der Waals surface area (Å²) in [6.07, 6.45) is 5.07. The number of rotatable bonds is 32. The van der Waals surface area contributed by atoms with Crippen molar-refractivity contribution in [3.63, 3.8) is 0 Å². The minimum absolute atomic E-state index is 0.0416. The van der Waals surface area contributed by atoms with E-state index in [1.165, 1.54) is 6.33 Å². The van der Waals surface area contributed by atoms with Crippen LogP contribution in [0.3, 0.4) is 0 Å². The largest absolute Gasteiger partial charge is 0.383 e. The van der Waals surface area contributed by atoms with E-state index in [0.29, 0.717) is 143 Å². The minimum Gasteiger partial charge on any atom is -0.383 e. The smallest absolute Gasteiger partial charge is 0.222 e. The van der Waals surface area contributed by atoms with Crippen molar-refractivity contribution in [1.82, 2.24) is 25.1 Å². The molecule has 2 heterocycles. The number of hydrogen-bond acceptors (Lipinski definition) is 14. The number of nitrogen functional groups attached to an aromatic ring is 1. The topological polar surface area (TPSA) is 221 Å². The van der Waals surface area contributed by atoms with Gasteiger partial charge in [-0.15, -0.1) is 0 Å². The molecule has 1 amide bonds. The third kappa shape index (κ3) is 20.0. The summed E-state index contributed by atoms with van der Waals surface area (Å²) in [5.41, 5.74) is 14.7. The van der Waals surface area contributed by atoms with Crippen LogP contribution in [0.25, 0.3) is 21.5 Å². The van der Waals surface area contributed by atoms with Gasteiger partial charge in [0.2, 0.25) is 5.91 Å². The summed E-state index contributed by atoms with van der Waals surface area (Å²) in [4.78, 5) is 22.8. The molecule has 18 heteroatoms. The van der Waals surface area contributed by atoms with E-state index in [0.717, 1.165) is 18.2 Å². The Bertz CT molecular complexity index is 1090. The molecule has 2 aromatic heterocycles. The maximum Gasteiger partial charge on any atom is 0.222 e. The number of fused-ring (bicyclic) bond motifs is 1. The van der Waals surface area contributed by atoms with Gasteiger partial charge in [-0.25, -0.2) is 14.6 Å². The first-order valence-electron chi connectivity index (χ1n) is 15.5. The van der Waals surface area contributed by atoms with Crippen LogP contribution in [0.4, 0.5) is 5.82 Å². The molecule has 0 aliphatic rings. The molecule has 0 atom stereocenters. The molecule has 2 rings (SSSR count). The lowest BCUT2D eigenvalue weighted by Crippen LogP contribution is -2.26. The van der Waals surface area contributed by atoms with Gasteiger partial charge in [-0.1, -0.05) is 5.11 Å². The minimum atomic E-state index is -0.0416. The highest BCUT2D eigenvalue weighted by atomic mass is 16.6. The molecule has 46 heavy (non-hydrogen) atoms. The van der Waals surface area contributed by atoms with Gasteiger partial charge in [-0.05, 0) is 18.4 Å². The predicted octanol–water partition coefficient (Wildman–Crippen LogP) is 1.14. The van der Waals surface area contributed by atoms with Gasteiger partial charge < -0.3 is 48.9 Å². The average Bonchev–Trinajstić information content (AvgIpc) is 3.48. The van der Waals surface area contributed by atoms with E-state index in [4.69, 9.17) is 49.2 Å². The molecular formula is C28H49N9O9. The van der Waals surface area contributed by atoms with Crippen molar-refractivity contribution in [1.29, 1.82) is 0 Å². The second kappa shape index (κ2) is 28.1. The summed E-state index contributed by atoms with van der Waals surface area (Å²) < 4.78 is 45.1. The van der Waals surface area contributed by atoms with Crippen LogP contribution in [0, 0.1) is 0 Å². The number of aromatic nitrogens is 4. The third-order valence-corrected chi connectivity index (χ3v) is 6.06. The standard InChI is InChI=1S/C28H49N9O9/c29-27-25-23-35-37(28(25)33-24-32-27)6-2-1-4-31-26(38)3-7-39-9-11-41-13-15-43-17-19-45-21-22-46-20-18-44-16-14-42-12-10-40-8-5-34-36-30/h23-24H,1-22H2,(H,31,38)(H2,29,32,33). The second-order valence-corrected chi connectivity index (χ2v) is 9.52. The Labute approximate surface area is 269 Å². The first kappa shape index (κ1) is 39.0. The molecule has 0 aromatic carbocycles. The van der Waals surface area contributed by atoms with Crippen molar-refractivity contribution in [3.05, 3.63) is 23.0 Å². The van der Waals surface area contributed by atoms with Crippen molar-refractivity contribution < 1.29 is 42.7 Å². The summed E-state index contributed by atoms with van der Waals surface area (Å²) in [5, 5.41) is 11.3. The number of carbonyl (C=O) groups is 1. The summed E-state index contributed by atoms with van der Waals surface area (Å²) >= 11 is 0. The fraction of sp³-hybridized carbons (Fsp3) is 0.786. The number of amides is 1. The number of carbonyl (C=O) groups excluding carboxylic acids is 1. The summed E-state index contributed by atoms with van der Waals surface area (Å²) in [6, 6.07) is 0. The van der Waals surface area contributed by atoms with E-state index < -0.39 is 0 Å². The van der Waals surface area contributed by atoms with Crippen molar-refractivity contribution >= 4 is 22.8 Å². The van der Waals surface area contributed by atoms with Crippen molar-refractivity contribution in [2.24, 2.45) is 5.11 Å². The van der Waals surface area contributed by atoms with Gasteiger partial charge in [0.1, 0.15) is 12.1 Å². The number of ether oxygens (including phenoxy) is 8. The van der Waals surface area contributed by atoms with Crippen molar-refractivity contribution in [3.8, 4) is 0 Å². The van der Waals surface area contributed by atoms with Crippen LogP contribution in [0.5, 0.6) is 0 Å². The molecule has 0 aliphatic heterocycles. The lowest BCUT2D eigenvalue weighted by atomic mass is 10.3. The molecule has 3 N–H and O–H groups in total. The molecule has 0 saturated carbocycles. The van der Waals surface area contributed by atoms with Crippen molar-refractivity contribution in [2.75, 3.05) is 125 Å². The third-order valence-electron chi connectivity index (χ3n) is 6.06. The number of anilines is 1. The highest BCUT2D eigenvalue weighted by Gasteiger charge is 2.07. The van der Waals surface area contributed by atoms with E-state index >= 15 is 0 Å². The lowest BCUT2D eigenvalue weighted by molar-refractivity contribution is -0.122. The molecular weight excluding hydrogens is 606 g/mol. The molecule has 0 radical (unpaired) electrons. The molecule has 0 saturated heterocycles. The Morgan fingerprint density at radius 3 is 1.78 bits per heavy atom. The zero-order chi connectivity index (χ0) is 32.8. The van der Waals surface area contributed by atoms with Crippen LogP contribution in [0.2, 0.25) is 0 Å². The monoisotopic (exact) mass is 655 g/mol. The Balaban J connectivity index is 1.21. The normalized spacial score (nSPS) is 11.2. The van der Waals surface area contributed by atoms with E-state index in [-0.39, 0.29) is 5.91 Å². The number of azide groups is 1. The van der Waals surface area contributed by atoms with Gasteiger partial charge in [0, 0.05) is 31.0 Å². The van der Waals surface area contributed by atoms with Gasteiger partial charge in [0.25, 0.3) is 0 Å². The number of unbranched alkanes of at least 4 members (excludes halogenated alkanes) is 1. The SMILES string of the molecule is [N-]=[N+]=NCCOCCOCCOCCOCCOCCOCCOCCOCCC(=O)NCCCCn1ncc2c(N)ncnc21. The van der Waals surface area contributed by atoms with Gasteiger partial charge in [-0.3, -0.25) is 4.79 Å². The number of nitrogens with one attached hydrogen (secondary N) is 1. The molecule has 0 bridgehead atoms. The fourth-order valence-electron chi connectivity index (χ4n) is 3.73. The van der Waals surface area contributed by atoms with Gasteiger partial charge in [0.05, 0.1) is 117 Å². The summed E-state index contributed by atoms with van der Waals surface area (Å²) in [7, 11) is 0. The Morgan fingerprint density at radius 2 is 1.26 bits per heavy atom. The first-order valence-corrected chi connectivity index (χ1v) is 15.5. The van der Waals surface area contributed by atoms with Crippen LogP contribution in [0.15, 0.2) is 17.6 Å². The van der Waals surface area contributed by atoms with Crippen LogP contribution >= 0.6 is 0 Å². The van der Waals surface area contributed by atoms with E-state index in [2.05, 4.69) is 30.4 Å². The Morgan fingerprint density at radius 1 is 0.761 bits per heavy atom. The van der Waals surface area contributed by atoms with Crippen LogP contribution in [-0.4, -0.2) is 144 Å². The molecule has 0 fully saturated rings. The molecule has 2 aromatic rings. The first-order chi connectivity index (χ1) is 22.7. The van der Waals surface area contributed by atoms with Crippen LogP contribution in [-0.2, 0) is 49.2 Å². The van der Waals surface area contributed by atoms with E-state index in [1.54, 1.807) is 10.9 Å². The Kier molecular flexibility index (Phi) is 23.8. The average molecular weight is 656 g/mol. The zero-order valence-corrected chi connectivity index (χ0v) is 26.6. The predicted molar refractivity (Wildman–Crippen MR) is 167 cm³/mol. The summed E-state index contributed by atoms with van der Waals surface area (Å²) in [5.74, 6) is 0.377. The highest BCUT2D eigenvalue weighted by Crippen LogP contribution is 2.15. The van der Waals surface area contributed by atoms with Crippen LogP contribution in [0.1, 0.15) is 19.3 Å². The maximum atomic E-state index is 12.0. The molecule has 0 spiro atoms. The number of aryl methyl sites for hydroxylation is 1. The van der Waals surface area contributed by atoms with Crippen molar-refractivity contribution in [2.45, 2.75) is 25.8 Å². The van der Waals surface area contributed by atoms with Gasteiger partial charge >= 0.3 is 0 Å². The Hall–Kier alpha value is -3.19. The molecule has 18 nitrogen and oxygen atoms in total. The molecule has 0 unspecified atom stereocenters. The summed E-state index contributed by atoms with van der Waals surface area (Å²) in [6.45, 7) is 8.85.